The van der Waals surface area contributed by atoms with Crippen molar-refractivity contribution in [3.8, 4) is 0 Å². The van der Waals surface area contributed by atoms with E-state index in [9.17, 15) is 14.4 Å². The summed E-state index contributed by atoms with van der Waals surface area (Å²) in [6.07, 6.45) is 0.657. The van der Waals surface area contributed by atoms with Gasteiger partial charge < -0.3 is 5.32 Å². The van der Waals surface area contributed by atoms with Crippen molar-refractivity contribution in [3.05, 3.63) is 46.2 Å². The van der Waals surface area contributed by atoms with Gasteiger partial charge in [0.05, 0.1) is 22.0 Å². The van der Waals surface area contributed by atoms with Crippen molar-refractivity contribution >= 4 is 35.0 Å². The van der Waals surface area contributed by atoms with E-state index in [2.05, 4.69) is 10.4 Å². The number of aryl methyl sites for hydroxylation is 1. The zero-order valence-electron chi connectivity index (χ0n) is 17.8. The molecule has 0 atom stereocenters. The van der Waals surface area contributed by atoms with Gasteiger partial charge in [0.25, 0.3) is 11.8 Å². The molecule has 0 radical (unpaired) electrons. The van der Waals surface area contributed by atoms with Crippen molar-refractivity contribution < 1.29 is 14.4 Å². The van der Waals surface area contributed by atoms with Crippen LogP contribution in [0.4, 0.5) is 5.69 Å². The highest BCUT2D eigenvalue weighted by atomic mass is 35.5. The number of amides is 3. The summed E-state index contributed by atoms with van der Waals surface area (Å²) in [5.41, 5.74) is 1.60. The Bertz CT molecular complexity index is 1010. The molecule has 1 aliphatic rings. The summed E-state index contributed by atoms with van der Waals surface area (Å²) in [6.45, 7) is 8.27. The molecule has 3 amide bonds. The molecule has 1 saturated heterocycles. The number of hydrazine groups is 1. The van der Waals surface area contributed by atoms with Crippen LogP contribution in [-0.4, -0.2) is 50.6 Å². The van der Waals surface area contributed by atoms with Crippen LogP contribution in [0.5, 0.6) is 0 Å². The van der Waals surface area contributed by atoms with Crippen molar-refractivity contribution in [3.63, 3.8) is 0 Å². The van der Waals surface area contributed by atoms with Crippen molar-refractivity contribution in [2.75, 3.05) is 18.4 Å². The number of halogens is 1. The summed E-state index contributed by atoms with van der Waals surface area (Å²) in [6, 6.07) is 6.62. The highest BCUT2D eigenvalue weighted by molar-refractivity contribution is 6.36. The lowest BCUT2D eigenvalue weighted by Gasteiger charge is -2.28. The molecule has 3 rings (SSSR count). The molecule has 0 aliphatic carbocycles. The Hall–Kier alpha value is -2.87. The Morgan fingerprint density at radius 2 is 1.73 bits per heavy atom. The van der Waals surface area contributed by atoms with Gasteiger partial charge in [-0.15, -0.1) is 0 Å². The fourth-order valence-electron chi connectivity index (χ4n) is 3.32. The first-order valence-corrected chi connectivity index (χ1v) is 10.1. The molecule has 2 heterocycles. The molecule has 1 fully saturated rings. The number of carbonyl (C=O) groups excluding carboxylic acids is 3. The van der Waals surface area contributed by atoms with Crippen LogP contribution in [0.25, 0.3) is 0 Å². The number of hydrogen-bond acceptors (Lipinski definition) is 4. The third-order valence-electron chi connectivity index (χ3n) is 4.91. The largest absolute Gasteiger partial charge is 0.325 e. The molecule has 0 spiro atoms. The average Bonchev–Trinajstić information content (AvgIpc) is 3.28. The van der Waals surface area contributed by atoms with Crippen molar-refractivity contribution in [2.24, 2.45) is 7.05 Å². The van der Waals surface area contributed by atoms with Crippen LogP contribution in [0.15, 0.2) is 24.3 Å². The lowest BCUT2D eigenvalue weighted by Crippen LogP contribution is -2.45. The normalized spacial score (nSPS) is 14.2. The molecule has 1 aliphatic heterocycles. The van der Waals surface area contributed by atoms with E-state index in [4.69, 9.17) is 11.6 Å². The zero-order valence-corrected chi connectivity index (χ0v) is 18.6. The van der Waals surface area contributed by atoms with E-state index in [-0.39, 0.29) is 27.8 Å². The summed E-state index contributed by atoms with van der Waals surface area (Å²) in [5, 5.41) is 10.1. The quantitative estimate of drug-likeness (QED) is 0.808. The van der Waals surface area contributed by atoms with E-state index < -0.39 is 5.91 Å². The second-order valence-electron chi connectivity index (χ2n) is 8.35. The Kier molecular flexibility index (Phi) is 5.90. The number of carbonyl (C=O) groups is 3. The zero-order chi connectivity index (χ0) is 22.2. The van der Waals surface area contributed by atoms with E-state index in [1.165, 1.54) is 16.9 Å². The summed E-state index contributed by atoms with van der Waals surface area (Å²) in [4.78, 5) is 37.8. The van der Waals surface area contributed by atoms with Gasteiger partial charge in [-0.1, -0.05) is 38.4 Å². The Balaban J connectivity index is 1.89. The maximum Gasteiger partial charge on any atom is 0.290 e. The summed E-state index contributed by atoms with van der Waals surface area (Å²) in [7, 11) is 1.72. The Labute approximate surface area is 180 Å². The molecule has 30 heavy (non-hydrogen) atoms. The van der Waals surface area contributed by atoms with Gasteiger partial charge in [-0.2, -0.15) is 5.10 Å². The van der Waals surface area contributed by atoms with Gasteiger partial charge in [0.1, 0.15) is 5.69 Å². The Morgan fingerprint density at radius 3 is 2.30 bits per heavy atom. The number of aromatic nitrogens is 2. The molecule has 2 aromatic rings. The van der Waals surface area contributed by atoms with E-state index in [1.54, 1.807) is 36.0 Å². The smallest absolute Gasteiger partial charge is 0.290 e. The minimum atomic E-state index is -0.392. The number of nitrogens with one attached hydrogen (secondary N) is 1. The SMILES string of the molecule is CC(=O)Nc1cccc(C(=O)N2CCCN2C(=O)c2cc(C(C)(C)C)nn2C)c1Cl. The van der Waals surface area contributed by atoms with E-state index in [0.717, 1.165) is 5.69 Å². The lowest BCUT2D eigenvalue weighted by atomic mass is 9.92. The van der Waals surface area contributed by atoms with Crippen LogP contribution >= 0.6 is 11.6 Å². The highest BCUT2D eigenvalue weighted by Crippen LogP contribution is 2.29. The van der Waals surface area contributed by atoms with Gasteiger partial charge in [-0.05, 0) is 24.6 Å². The van der Waals surface area contributed by atoms with Gasteiger partial charge in [-0.3, -0.25) is 19.1 Å². The van der Waals surface area contributed by atoms with Crippen LogP contribution in [0.1, 0.15) is 60.7 Å². The standard InChI is InChI=1S/C21H26ClN5O3/c1-13(28)23-15-9-6-8-14(18(15)22)19(29)26-10-7-11-27(26)20(30)16-12-17(21(2,3)4)24-25(16)5/h6,8-9,12H,7,10-11H2,1-5H3,(H,23,28). The van der Waals surface area contributed by atoms with E-state index in [1.807, 2.05) is 20.8 Å². The molecular weight excluding hydrogens is 406 g/mol. The molecule has 9 heteroatoms. The molecule has 8 nitrogen and oxygen atoms in total. The van der Waals surface area contributed by atoms with Gasteiger partial charge in [0, 0.05) is 32.5 Å². The first-order valence-electron chi connectivity index (χ1n) is 9.75. The molecule has 1 aromatic heterocycles. The van der Waals surface area contributed by atoms with Crippen molar-refractivity contribution in [1.82, 2.24) is 19.8 Å². The molecule has 0 bridgehead atoms. The predicted octanol–water partition coefficient (Wildman–Crippen LogP) is 3.23. The summed E-state index contributed by atoms with van der Waals surface area (Å²) in [5.74, 6) is -0.970. The number of nitrogens with zero attached hydrogens (tertiary/aromatic N) is 4. The van der Waals surface area contributed by atoms with Gasteiger partial charge in [0.2, 0.25) is 5.91 Å². The summed E-state index contributed by atoms with van der Waals surface area (Å²) < 4.78 is 1.55. The van der Waals surface area contributed by atoms with Crippen LogP contribution in [0.3, 0.4) is 0 Å². The maximum atomic E-state index is 13.2. The minimum Gasteiger partial charge on any atom is -0.325 e. The maximum absolute atomic E-state index is 13.2. The summed E-state index contributed by atoms with van der Waals surface area (Å²) >= 11 is 6.37. The van der Waals surface area contributed by atoms with Crippen molar-refractivity contribution in [2.45, 2.75) is 39.5 Å². The van der Waals surface area contributed by atoms with E-state index >= 15 is 0 Å². The fraction of sp³-hybridized carbons (Fsp3) is 0.429. The monoisotopic (exact) mass is 431 g/mol. The number of anilines is 1. The topological polar surface area (TPSA) is 87.5 Å². The highest BCUT2D eigenvalue weighted by Gasteiger charge is 2.35. The molecule has 0 unspecified atom stereocenters. The van der Waals surface area contributed by atoms with Gasteiger partial charge in [0.15, 0.2) is 0 Å². The minimum absolute atomic E-state index is 0.146. The van der Waals surface area contributed by atoms with Crippen LogP contribution < -0.4 is 5.32 Å². The first-order chi connectivity index (χ1) is 14.0. The average molecular weight is 432 g/mol. The van der Waals surface area contributed by atoms with Crippen molar-refractivity contribution in [1.29, 1.82) is 0 Å². The second-order valence-corrected chi connectivity index (χ2v) is 8.72. The second kappa shape index (κ2) is 8.10. The van der Waals surface area contributed by atoms with Crippen LogP contribution in [0, 0.1) is 0 Å². The van der Waals surface area contributed by atoms with Crippen LogP contribution in [-0.2, 0) is 17.3 Å². The third-order valence-corrected chi connectivity index (χ3v) is 5.31. The first kappa shape index (κ1) is 21.8. The molecule has 160 valence electrons. The number of rotatable bonds is 3. The fourth-order valence-corrected chi connectivity index (χ4v) is 3.58. The lowest BCUT2D eigenvalue weighted by molar-refractivity contribution is -0.114. The molecule has 0 saturated carbocycles. The van der Waals surface area contributed by atoms with Crippen LogP contribution in [0.2, 0.25) is 5.02 Å². The molecular formula is C21H26ClN5O3. The predicted molar refractivity (Wildman–Crippen MR) is 114 cm³/mol. The third kappa shape index (κ3) is 4.18. The Morgan fingerprint density at radius 1 is 1.10 bits per heavy atom. The number of benzene rings is 1. The number of hydrogen-bond donors (Lipinski definition) is 1. The van der Waals surface area contributed by atoms with E-state index in [0.29, 0.717) is 30.9 Å². The van der Waals surface area contributed by atoms with Gasteiger partial charge in [-0.25, -0.2) is 10.0 Å². The van der Waals surface area contributed by atoms with Gasteiger partial charge >= 0.3 is 0 Å². The molecule has 1 aromatic carbocycles. The molecule has 1 N–H and O–H groups in total.